The van der Waals surface area contributed by atoms with E-state index in [0.717, 1.165) is 17.7 Å². The van der Waals surface area contributed by atoms with Gasteiger partial charge in [0.25, 0.3) is 0 Å². The molecule has 3 aliphatic rings. The smallest absolute Gasteiger partial charge is 0.416 e. The Kier molecular flexibility index (Phi) is 7.06. The van der Waals surface area contributed by atoms with E-state index in [0.29, 0.717) is 36.9 Å². The molecule has 200 valence electrons. The summed E-state index contributed by atoms with van der Waals surface area (Å²) in [6.45, 7) is 1.68. The van der Waals surface area contributed by atoms with Crippen LogP contribution in [0.25, 0.3) is 0 Å². The number of carbonyl (C=O) groups is 1. The number of hydrogen-bond acceptors (Lipinski definition) is 6. The molecule has 2 aliphatic heterocycles. The van der Waals surface area contributed by atoms with E-state index in [4.69, 9.17) is 21.1 Å². The number of allylic oxidation sites excluding steroid dienone is 2. The first-order chi connectivity index (χ1) is 19.0. The van der Waals surface area contributed by atoms with E-state index in [2.05, 4.69) is 27.6 Å². The minimum Gasteiger partial charge on any atom is -0.494 e. The monoisotopic (exact) mass is 547 g/mol. The zero-order valence-electron chi connectivity index (χ0n) is 21.0. The Labute approximate surface area is 230 Å². The molecular weight excluding hydrogens is 521 g/mol. The fourth-order valence-electron chi connectivity index (χ4n) is 5.38. The second-order valence-electron chi connectivity index (χ2n) is 9.65. The molecule has 0 saturated carbocycles. The van der Waals surface area contributed by atoms with Crippen molar-refractivity contribution in [3.63, 3.8) is 0 Å². The van der Waals surface area contributed by atoms with Gasteiger partial charge < -0.3 is 14.8 Å². The lowest BCUT2D eigenvalue weighted by atomic mass is 9.85. The van der Waals surface area contributed by atoms with Gasteiger partial charge in [-0.25, -0.2) is 14.2 Å². The largest absolute Gasteiger partial charge is 0.494 e. The van der Waals surface area contributed by atoms with E-state index >= 15 is 0 Å². The van der Waals surface area contributed by atoms with E-state index in [1.165, 1.54) is 36.2 Å². The average molecular weight is 548 g/mol. The molecule has 39 heavy (non-hydrogen) atoms. The molecule has 6 rings (SSSR count). The van der Waals surface area contributed by atoms with Crippen LogP contribution in [0.2, 0.25) is 0 Å². The summed E-state index contributed by atoms with van der Waals surface area (Å²) in [5.74, 6) is 0.738. The van der Waals surface area contributed by atoms with Gasteiger partial charge >= 0.3 is 6.09 Å². The van der Waals surface area contributed by atoms with Gasteiger partial charge in [0, 0.05) is 36.2 Å². The van der Waals surface area contributed by atoms with Crippen LogP contribution in [0.5, 0.6) is 11.5 Å². The number of rotatable bonds is 7. The summed E-state index contributed by atoms with van der Waals surface area (Å²) in [4.78, 5) is 19.1. The molecule has 0 fully saturated rings. The molecule has 0 bridgehead atoms. The molecule has 0 saturated heterocycles. The predicted octanol–water partition coefficient (Wildman–Crippen LogP) is 5.37. The molecule has 3 aromatic rings. The van der Waals surface area contributed by atoms with Crippen molar-refractivity contribution in [1.82, 2.24) is 25.0 Å². The first kappa shape index (κ1) is 25.2. The van der Waals surface area contributed by atoms with Crippen molar-refractivity contribution in [2.45, 2.75) is 31.5 Å². The van der Waals surface area contributed by atoms with Gasteiger partial charge in [-0.15, -0.1) is 0 Å². The third kappa shape index (κ3) is 5.40. The van der Waals surface area contributed by atoms with Crippen LogP contribution >= 0.6 is 11.6 Å². The lowest BCUT2D eigenvalue weighted by Crippen LogP contribution is -2.43. The van der Waals surface area contributed by atoms with Gasteiger partial charge in [0.05, 0.1) is 12.6 Å². The van der Waals surface area contributed by atoms with Crippen LogP contribution in [0.3, 0.4) is 0 Å². The number of amides is 1. The van der Waals surface area contributed by atoms with Crippen LogP contribution in [-0.4, -0.2) is 45.0 Å². The summed E-state index contributed by atoms with van der Waals surface area (Å²) in [6.07, 6.45) is 10.2. The number of aromatic nitrogens is 3. The summed E-state index contributed by atoms with van der Waals surface area (Å²) >= 11 is 6.35. The summed E-state index contributed by atoms with van der Waals surface area (Å²) in [5, 5.41) is 8.47. The first-order valence-electron chi connectivity index (χ1n) is 12.9. The lowest BCUT2D eigenvalue weighted by Gasteiger charge is -2.37. The highest BCUT2D eigenvalue weighted by atomic mass is 35.5. The molecule has 10 heteroatoms. The number of benzene rings is 2. The molecule has 1 amide bonds. The van der Waals surface area contributed by atoms with Gasteiger partial charge in [0.1, 0.15) is 36.0 Å². The highest BCUT2D eigenvalue weighted by Gasteiger charge is 2.43. The average Bonchev–Trinajstić information content (AvgIpc) is 3.60. The van der Waals surface area contributed by atoms with Crippen molar-refractivity contribution < 1.29 is 18.7 Å². The number of carbonyl (C=O) groups excluding carboxylic acids is 1. The van der Waals surface area contributed by atoms with Gasteiger partial charge in [-0.2, -0.15) is 5.10 Å². The number of fused-ring (bicyclic) bond motifs is 2. The number of hydrogen-bond donors (Lipinski definition) is 1. The van der Waals surface area contributed by atoms with Crippen molar-refractivity contribution in [3.05, 3.63) is 107 Å². The Morgan fingerprint density at radius 1 is 1.18 bits per heavy atom. The van der Waals surface area contributed by atoms with E-state index < -0.39 is 18.0 Å². The van der Waals surface area contributed by atoms with Crippen molar-refractivity contribution in [2.24, 2.45) is 5.92 Å². The number of ether oxygens (including phenoxy) is 2. The fourth-order valence-corrected chi connectivity index (χ4v) is 5.59. The molecule has 3 atom stereocenters. The minimum absolute atomic E-state index is 0.0734. The number of nitrogens with one attached hydrogen (secondary N) is 1. The second-order valence-corrected chi connectivity index (χ2v) is 10.1. The van der Waals surface area contributed by atoms with Gasteiger partial charge in [-0.3, -0.25) is 9.58 Å². The summed E-state index contributed by atoms with van der Waals surface area (Å²) < 4.78 is 26.9. The summed E-state index contributed by atoms with van der Waals surface area (Å²) in [5.41, 5.74) is 3.11. The fraction of sp³-hybridized carbons (Fsp3) is 0.276. The van der Waals surface area contributed by atoms with Gasteiger partial charge in [0.2, 0.25) is 0 Å². The van der Waals surface area contributed by atoms with Crippen LogP contribution in [0, 0.1) is 11.7 Å². The highest BCUT2D eigenvalue weighted by molar-refractivity contribution is 6.31. The van der Waals surface area contributed by atoms with Crippen molar-refractivity contribution in [1.29, 1.82) is 0 Å². The van der Waals surface area contributed by atoms with E-state index in [-0.39, 0.29) is 17.7 Å². The van der Waals surface area contributed by atoms with Crippen LogP contribution in [0.15, 0.2) is 95.7 Å². The second kappa shape index (κ2) is 10.9. The van der Waals surface area contributed by atoms with Gasteiger partial charge in [-0.05, 0) is 60.0 Å². The van der Waals surface area contributed by atoms with E-state index in [1.807, 2.05) is 30.3 Å². The SMILES string of the molecule is O=C(Oc1ccc(F)cc1)N1CCC2=C(NC3C=CC(Cl)=CC23)C1c1cccc(OCCCn2cncn2)c1. The molecule has 1 aliphatic carbocycles. The quantitative estimate of drug-likeness (QED) is 0.401. The Balaban J connectivity index is 1.26. The van der Waals surface area contributed by atoms with Crippen molar-refractivity contribution in [3.8, 4) is 11.5 Å². The van der Waals surface area contributed by atoms with Crippen LogP contribution in [-0.2, 0) is 6.54 Å². The highest BCUT2D eigenvalue weighted by Crippen LogP contribution is 2.45. The molecule has 1 aromatic heterocycles. The zero-order chi connectivity index (χ0) is 26.8. The minimum atomic E-state index is -0.502. The number of nitrogens with zero attached hydrogens (tertiary/aromatic N) is 4. The molecule has 8 nitrogen and oxygen atoms in total. The van der Waals surface area contributed by atoms with Gasteiger partial charge in [-0.1, -0.05) is 35.9 Å². The molecule has 0 radical (unpaired) electrons. The zero-order valence-corrected chi connectivity index (χ0v) is 21.8. The van der Waals surface area contributed by atoms with Gasteiger partial charge in [0.15, 0.2) is 0 Å². The first-order valence-corrected chi connectivity index (χ1v) is 13.3. The lowest BCUT2D eigenvalue weighted by molar-refractivity contribution is 0.133. The van der Waals surface area contributed by atoms with Crippen molar-refractivity contribution >= 4 is 17.7 Å². The maximum absolute atomic E-state index is 13.5. The summed E-state index contributed by atoms with van der Waals surface area (Å²) in [6, 6.07) is 12.9. The predicted molar refractivity (Wildman–Crippen MR) is 144 cm³/mol. The van der Waals surface area contributed by atoms with Crippen LogP contribution in [0.1, 0.15) is 24.4 Å². The number of aryl methyl sites for hydroxylation is 1. The summed E-state index contributed by atoms with van der Waals surface area (Å²) in [7, 11) is 0. The maximum atomic E-state index is 13.5. The van der Waals surface area contributed by atoms with E-state index in [9.17, 15) is 9.18 Å². The third-order valence-corrected chi connectivity index (χ3v) is 7.41. The Morgan fingerprint density at radius 2 is 2.05 bits per heavy atom. The maximum Gasteiger partial charge on any atom is 0.416 e. The molecule has 1 N–H and O–H groups in total. The molecular formula is C29H27ClFN5O3. The number of halogens is 2. The topological polar surface area (TPSA) is 81.5 Å². The Bertz CT molecular complexity index is 1440. The van der Waals surface area contributed by atoms with Crippen LogP contribution in [0.4, 0.5) is 9.18 Å². The molecule has 0 spiro atoms. The van der Waals surface area contributed by atoms with E-state index in [1.54, 1.807) is 15.9 Å². The van der Waals surface area contributed by atoms with Crippen LogP contribution < -0.4 is 14.8 Å². The Hall–Kier alpha value is -4.11. The Morgan fingerprint density at radius 3 is 2.87 bits per heavy atom. The third-order valence-electron chi connectivity index (χ3n) is 7.16. The standard InChI is InChI=1S/C29H27ClFN5O3/c30-20-5-10-26-25(16-20)24-11-13-36(29(37)39-22-8-6-21(31)7-9-22)28(27(24)34-26)19-3-1-4-23(15-19)38-14-2-12-35-18-32-17-33-35/h1,3-10,15-18,25-26,28,34H,2,11-14H2. The normalized spacial score (nSPS) is 21.6. The molecule has 3 unspecified atom stereocenters. The molecule has 3 heterocycles. The molecule has 2 aromatic carbocycles. The van der Waals surface area contributed by atoms with Crippen molar-refractivity contribution in [2.75, 3.05) is 13.2 Å².